The second-order valence-corrected chi connectivity index (χ2v) is 6.48. The maximum Gasteiger partial charge on any atom is 0.246 e. The number of hydrogen-bond acceptors (Lipinski definition) is 5. The molecular weight excluding hydrogens is 254 g/mol. The van der Waals surface area contributed by atoms with Gasteiger partial charge in [0.05, 0.1) is 5.54 Å². The standard InChI is InChI=1S/C15H25N3O2/c1-3-11-5-9-14(16,10-6-11)13-17-12(18-20-13)15(19-2)7-4-8-15/h11H,3-10,16H2,1-2H3. The van der Waals surface area contributed by atoms with Crippen LogP contribution in [0.5, 0.6) is 0 Å². The number of aromatic nitrogens is 2. The molecule has 0 atom stereocenters. The Morgan fingerprint density at radius 2 is 2.00 bits per heavy atom. The molecule has 0 aliphatic heterocycles. The molecule has 2 fully saturated rings. The molecular formula is C15H25N3O2. The summed E-state index contributed by atoms with van der Waals surface area (Å²) in [5, 5.41) is 4.15. The normalized spacial score (nSPS) is 32.9. The van der Waals surface area contributed by atoms with E-state index < -0.39 is 5.54 Å². The third-order valence-electron chi connectivity index (χ3n) is 5.39. The minimum atomic E-state index is -0.435. The van der Waals surface area contributed by atoms with Crippen molar-refractivity contribution in [1.29, 1.82) is 0 Å². The van der Waals surface area contributed by atoms with Gasteiger partial charge in [0.2, 0.25) is 11.7 Å². The van der Waals surface area contributed by atoms with Crippen LogP contribution in [0.2, 0.25) is 0 Å². The fourth-order valence-corrected chi connectivity index (χ4v) is 3.44. The maximum atomic E-state index is 6.52. The summed E-state index contributed by atoms with van der Waals surface area (Å²) < 4.78 is 11.1. The molecule has 2 aliphatic rings. The first-order chi connectivity index (χ1) is 9.62. The van der Waals surface area contributed by atoms with Crippen LogP contribution in [-0.2, 0) is 15.9 Å². The van der Waals surface area contributed by atoms with E-state index in [1.54, 1.807) is 7.11 Å². The van der Waals surface area contributed by atoms with Gasteiger partial charge in [-0.2, -0.15) is 4.98 Å². The number of rotatable bonds is 4. The quantitative estimate of drug-likeness (QED) is 0.917. The van der Waals surface area contributed by atoms with Crippen LogP contribution in [0.4, 0.5) is 0 Å². The fourth-order valence-electron chi connectivity index (χ4n) is 3.44. The molecule has 0 aromatic carbocycles. The van der Waals surface area contributed by atoms with E-state index in [4.69, 9.17) is 15.0 Å². The van der Waals surface area contributed by atoms with Crippen LogP contribution in [0.25, 0.3) is 0 Å². The number of methoxy groups -OCH3 is 1. The minimum Gasteiger partial charge on any atom is -0.370 e. The summed E-state index contributed by atoms with van der Waals surface area (Å²) in [6.07, 6.45) is 8.51. The average molecular weight is 279 g/mol. The zero-order valence-electron chi connectivity index (χ0n) is 12.5. The Morgan fingerprint density at radius 3 is 2.50 bits per heavy atom. The lowest BCUT2D eigenvalue weighted by Crippen LogP contribution is -2.41. The molecule has 1 aromatic heterocycles. The van der Waals surface area contributed by atoms with Crippen LogP contribution >= 0.6 is 0 Å². The molecule has 5 nitrogen and oxygen atoms in total. The monoisotopic (exact) mass is 279 g/mol. The molecule has 112 valence electrons. The third-order valence-corrected chi connectivity index (χ3v) is 5.39. The molecule has 0 spiro atoms. The lowest BCUT2D eigenvalue weighted by Gasteiger charge is -2.37. The number of hydrogen-bond donors (Lipinski definition) is 1. The molecule has 5 heteroatoms. The molecule has 0 unspecified atom stereocenters. The van der Waals surface area contributed by atoms with Crippen molar-refractivity contribution in [1.82, 2.24) is 10.1 Å². The maximum absolute atomic E-state index is 6.52. The van der Waals surface area contributed by atoms with E-state index in [0.717, 1.165) is 50.9 Å². The van der Waals surface area contributed by atoms with Gasteiger partial charge in [0, 0.05) is 7.11 Å². The van der Waals surface area contributed by atoms with Gasteiger partial charge in [-0.15, -0.1) is 0 Å². The molecule has 20 heavy (non-hydrogen) atoms. The molecule has 2 saturated carbocycles. The zero-order chi connectivity index (χ0) is 14.2. The van der Waals surface area contributed by atoms with Crippen LogP contribution < -0.4 is 5.73 Å². The molecule has 2 N–H and O–H groups in total. The molecule has 2 aliphatic carbocycles. The Hall–Kier alpha value is -0.940. The summed E-state index contributed by atoms with van der Waals surface area (Å²) in [6, 6.07) is 0. The van der Waals surface area contributed by atoms with E-state index in [2.05, 4.69) is 17.1 Å². The van der Waals surface area contributed by atoms with Crippen LogP contribution in [0.3, 0.4) is 0 Å². The van der Waals surface area contributed by atoms with Crippen molar-refractivity contribution in [2.45, 2.75) is 69.4 Å². The Morgan fingerprint density at radius 1 is 1.30 bits per heavy atom. The van der Waals surface area contributed by atoms with Gasteiger partial charge in [-0.25, -0.2) is 0 Å². The van der Waals surface area contributed by atoms with Gasteiger partial charge < -0.3 is 15.0 Å². The molecule has 1 heterocycles. The van der Waals surface area contributed by atoms with Crippen LogP contribution in [0.15, 0.2) is 4.52 Å². The smallest absolute Gasteiger partial charge is 0.246 e. The van der Waals surface area contributed by atoms with Crippen LogP contribution in [0.1, 0.15) is 70.0 Å². The van der Waals surface area contributed by atoms with Crippen molar-refractivity contribution >= 4 is 0 Å². The molecule has 0 radical (unpaired) electrons. The van der Waals surface area contributed by atoms with E-state index in [-0.39, 0.29) is 5.60 Å². The van der Waals surface area contributed by atoms with Gasteiger partial charge in [0.15, 0.2) is 0 Å². The largest absolute Gasteiger partial charge is 0.370 e. The van der Waals surface area contributed by atoms with Crippen molar-refractivity contribution in [3.8, 4) is 0 Å². The van der Waals surface area contributed by atoms with Crippen molar-refractivity contribution in [3.63, 3.8) is 0 Å². The van der Waals surface area contributed by atoms with Crippen molar-refractivity contribution in [2.24, 2.45) is 11.7 Å². The molecule has 0 bridgehead atoms. The Labute approximate surface area is 120 Å². The fraction of sp³-hybridized carbons (Fsp3) is 0.867. The van der Waals surface area contributed by atoms with Gasteiger partial charge in [-0.3, -0.25) is 0 Å². The molecule has 3 rings (SSSR count). The average Bonchev–Trinajstić information content (AvgIpc) is 2.90. The molecule has 0 amide bonds. The van der Waals surface area contributed by atoms with Gasteiger partial charge >= 0.3 is 0 Å². The topological polar surface area (TPSA) is 74.2 Å². The number of nitrogens with two attached hydrogens (primary N) is 1. The van der Waals surface area contributed by atoms with E-state index in [9.17, 15) is 0 Å². The van der Waals surface area contributed by atoms with Gasteiger partial charge in [0.1, 0.15) is 5.60 Å². The van der Waals surface area contributed by atoms with Gasteiger partial charge in [-0.1, -0.05) is 18.5 Å². The van der Waals surface area contributed by atoms with E-state index in [0.29, 0.717) is 11.7 Å². The summed E-state index contributed by atoms with van der Waals surface area (Å²) in [5.74, 6) is 2.08. The van der Waals surface area contributed by atoms with Crippen molar-refractivity contribution in [2.75, 3.05) is 7.11 Å². The van der Waals surface area contributed by atoms with E-state index in [1.807, 2.05) is 0 Å². The highest BCUT2D eigenvalue weighted by Gasteiger charge is 2.45. The predicted octanol–water partition coefficient (Wildman–Crippen LogP) is 2.85. The summed E-state index contributed by atoms with van der Waals surface area (Å²) in [5.41, 5.74) is 5.76. The summed E-state index contributed by atoms with van der Waals surface area (Å²) >= 11 is 0. The first-order valence-electron chi connectivity index (χ1n) is 7.80. The number of ether oxygens (including phenoxy) is 1. The van der Waals surface area contributed by atoms with Crippen LogP contribution in [0, 0.1) is 5.92 Å². The lowest BCUT2D eigenvalue weighted by atomic mass is 9.76. The van der Waals surface area contributed by atoms with Crippen molar-refractivity contribution in [3.05, 3.63) is 11.7 Å². The Balaban J connectivity index is 1.76. The highest BCUT2D eigenvalue weighted by atomic mass is 16.5. The molecule has 1 aromatic rings. The van der Waals surface area contributed by atoms with Crippen molar-refractivity contribution < 1.29 is 9.26 Å². The molecule has 0 saturated heterocycles. The Bertz CT molecular complexity index is 454. The zero-order valence-corrected chi connectivity index (χ0v) is 12.5. The third kappa shape index (κ3) is 2.17. The van der Waals surface area contributed by atoms with Crippen LogP contribution in [-0.4, -0.2) is 17.3 Å². The van der Waals surface area contributed by atoms with E-state index >= 15 is 0 Å². The second-order valence-electron chi connectivity index (χ2n) is 6.48. The first-order valence-corrected chi connectivity index (χ1v) is 7.80. The highest BCUT2D eigenvalue weighted by Crippen LogP contribution is 2.44. The summed E-state index contributed by atoms with van der Waals surface area (Å²) in [6.45, 7) is 2.25. The van der Waals surface area contributed by atoms with E-state index in [1.165, 1.54) is 6.42 Å². The first kappa shape index (κ1) is 14.0. The lowest BCUT2D eigenvalue weighted by molar-refractivity contribution is -0.0858. The number of nitrogens with zero attached hydrogens (tertiary/aromatic N) is 2. The van der Waals surface area contributed by atoms with Gasteiger partial charge in [-0.05, 0) is 50.9 Å². The predicted molar refractivity (Wildman–Crippen MR) is 75.0 cm³/mol. The second kappa shape index (κ2) is 5.11. The summed E-state index contributed by atoms with van der Waals surface area (Å²) in [4.78, 5) is 4.59. The minimum absolute atomic E-state index is 0.321. The Kier molecular flexibility index (Phi) is 3.58. The van der Waals surface area contributed by atoms with Gasteiger partial charge in [0.25, 0.3) is 0 Å². The highest BCUT2D eigenvalue weighted by molar-refractivity contribution is 5.11. The SMILES string of the molecule is CCC1CCC(N)(c2nc(C3(OC)CCC3)no2)CC1. The summed E-state index contributed by atoms with van der Waals surface area (Å²) in [7, 11) is 1.72.